The first-order chi connectivity index (χ1) is 11.3. The van der Waals surface area contributed by atoms with Gasteiger partial charge in [0.15, 0.2) is 0 Å². The molecule has 5 heteroatoms. The van der Waals surface area contributed by atoms with Crippen molar-refractivity contribution < 1.29 is 4.79 Å². The molecule has 2 aromatic rings. The minimum atomic E-state index is 0. The van der Waals surface area contributed by atoms with Gasteiger partial charge in [-0.3, -0.25) is 4.79 Å². The number of likely N-dealkylation sites (tertiary alicyclic amines) is 1. The summed E-state index contributed by atoms with van der Waals surface area (Å²) < 4.78 is 0. The fraction of sp³-hybridized carbons (Fsp3) is 0.421. The molecule has 130 valence electrons. The van der Waals surface area contributed by atoms with Crippen LogP contribution < -0.4 is 5.32 Å². The van der Waals surface area contributed by atoms with Gasteiger partial charge in [0, 0.05) is 18.7 Å². The molecule has 1 aromatic heterocycles. The van der Waals surface area contributed by atoms with E-state index < -0.39 is 0 Å². The van der Waals surface area contributed by atoms with Gasteiger partial charge in [0.2, 0.25) is 0 Å². The van der Waals surface area contributed by atoms with Crippen LogP contribution in [0.25, 0.3) is 11.1 Å². The second kappa shape index (κ2) is 9.21. The van der Waals surface area contributed by atoms with Gasteiger partial charge < -0.3 is 10.2 Å². The summed E-state index contributed by atoms with van der Waals surface area (Å²) in [6.07, 6.45) is 3.46. The van der Waals surface area contributed by atoms with Crippen LogP contribution in [0, 0.1) is 5.92 Å². The quantitative estimate of drug-likeness (QED) is 0.857. The van der Waals surface area contributed by atoms with Gasteiger partial charge in [-0.2, -0.15) is 0 Å². The van der Waals surface area contributed by atoms with Crippen LogP contribution in [0.5, 0.6) is 0 Å². The van der Waals surface area contributed by atoms with Crippen molar-refractivity contribution in [3.63, 3.8) is 0 Å². The van der Waals surface area contributed by atoms with Crippen molar-refractivity contribution >= 4 is 29.7 Å². The fourth-order valence-corrected chi connectivity index (χ4v) is 4.12. The van der Waals surface area contributed by atoms with Gasteiger partial charge in [-0.05, 0) is 55.8 Å². The molecule has 1 aromatic carbocycles. The van der Waals surface area contributed by atoms with E-state index in [0.717, 1.165) is 54.4 Å². The van der Waals surface area contributed by atoms with Crippen molar-refractivity contribution in [2.24, 2.45) is 5.92 Å². The Morgan fingerprint density at radius 1 is 1.21 bits per heavy atom. The first kappa shape index (κ1) is 19.0. The third-order valence-electron chi connectivity index (χ3n) is 4.65. The van der Waals surface area contributed by atoms with E-state index in [1.165, 1.54) is 6.42 Å². The van der Waals surface area contributed by atoms with Gasteiger partial charge in [-0.15, -0.1) is 23.7 Å². The van der Waals surface area contributed by atoms with Crippen molar-refractivity contribution in [3.8, 4) is 11.1 Å². The van der Waals surface area contributed by atoms with Crippen LogP contribution in [-0.4, -0.2) is 37.5 Å². The van der Waals surface area contributed by atoms with Gasteiger partial charge in [0.25, 0.3) is 5.91 Å². The first-order valence-corrected chi connectivity index (χ1v) is 9.24. The molecule has 0 radical (unpaired) electrons. The van der Waals surface area contributed by atoms with Crippen molar-refractivity contribution in [1.82, 2.24) is 10.2 Å². The summed E-state index contributed by atoms with van der Waals surface area (Å²) in [5, 5.41) is 5.24. The molecule has 1 N–H and O–H groups in total. The third kappa shape index (κ3) is 4.38. The zero-order valence-corrected chi connectivity index (χ0v) is 15.7. The van der Waals surface area contributed by atoms with E-state index in [4.69, 9.17) is 0 Å². The number of benzene rings is 1. The maximum atomic E-state index is 12.9. The number of piperidine rings is 1. The van der Waals surface area contributed by atoms with Crippen molar-refractivity contribution in [1.29, 1.82) is 0 Å². The van der Waals surface area contributed by atoms with Crippen molar-refractivity contribution in [3.05, 3.63) is 46.7 Å². The lowest BCUT2D eigenvalue weighted by Crippen LogP contribution is -2.38. The predicted octanol–water partition coefficient (Wildman–Crippen LogP) is 4.30. The Hall–Kier alpha value is -1.36. The van der Waals surface area contributed by atoms with Crippen LogP contribution in [-0.2, 0) is 0 Å². The second-order valence-corrected chi connectivity index (χ2v) is 7.07. The topological polar surface area (TPSA) is 32.3 Å². The molecule has 0 unspecified atom stereocenters. The highest BCUT2D eigenvalue weighted by Crippen LogP contribution is 2.30. The van der Waals surface area contributed by atoms with Gasteiger partial charge in [0.05, 0.1) is 4.88 Å². The van der Waals surface area contributed by atoms with Gasteiger partial charge in [-0.25, -0.2) is 0 Å². The lowest BCUT2D eigenvalue weighted by atomic mass is 9.93. The lowest BCUT2D eigenvalue weighted by molar-refractivity contribution is 0.0693. The van der Waals surface area contributed by atoms with Gasteiger partial charge in [0.1, 0.15) is 0 Å². The molecule has 0 aliphatic carbocycles. The molecule has 2 heterocycles. The largest absolute Gasteiger partial charge is 0.338 e. The molecule has 0 saturated carbocycles. The number of carbonyl (C=O) groups is 1. The van der Waals surface area contributed by atoms with E-state index in [0.29, 0.717) is 0 Å². The molecule has 1 saturated heterocycles. The Morgan fingerprint density at radius 3 is 2.58 bits per heavy atom. The molecule has 1 amide bonds. The number of rotatable bonds is 5. The lowest BCUT2D eigenvalue weighted by Gasteiger charge is -2.32. The summed E-state index contributed by atoms with van der Waals surface area (Å²) in [6.45, 7) is 2.85. The minimum absolute atomic E-state index is 0. The van der Waals surface area contributed by atoms with Crippen molar-refractivity contribution in [2.75, 3.05) is 26.7 Å². The number of nitrogens with one attached hydrogen (secondary N) is 1. The zero-order valence-electron chi connectivity index (χ0n) is 14.0. The molecule has 1 fully saturated rings. The van der Waals surface area contributed by atoms with E-state index in [9.17, 15) is 4.79 Å². The molecule has 0 spiro atoms. The number of hydrogen-bond acceptors (Lipinski definition) is 3. The molecule has 1 aliphatic heterocycles. The summed E-state index contributed by atoms with van der Waals surface area (Å²) in [5.74, 6) is 0.953. The van der Waals surface area contributed by atoms with E-state index >= 15 is 0 Å². The van der Waals surface area contributed by atoms with Crippen molar-refractivity contribution in [2.45, 2.75) is 19.3 Å². The molecule has 1 aliphatic rings. The highest BCUT2D eigenvalue weighted by molar-refractivity contribution is 7.12. The molecular formula is C19H25ClN2OS. The average Bonchev–Trinajstić information content (AvgIpc) is 3.10. The smallest absolute Gasteiger partial charge is 0.264 e. The Labute approximate surface area is 154 Å². The predicted molar refractivity (Wildman–Crippen MR) is 104 cm³/mol. The molecule has 24 heavy (non-hydrogen) atoms. The Bertz CT molecular complexity index is 636. The summed E-state index contributed by atoms with van der Waals surface area (Å²) in [4.78, 5) is 15.8. The maximum Gasteiger partial charge on any atom is 0.264 e. The average molecular weight is 365 g/mol. The second-order valence-electron chi connectivity index (χ2n) is 6.16. The van der Waals surface area contributed by atoms with Crippen LogP contribution in [0.1, 0.15) is 28.9 Å². The number of nitrogens with zero attached hydrogens (tertiary/aromatic N) is 1. The van der Waals surface area contributed by atoms with Crippen LogP contribution in [0.3, 0.4) is 0 Å². The Kier molecular flexibility index (Phi) is 7.28. The maximum absolute atomic E-state index is 12.9. The fourth-order valence-electron chi connectivity index (χ4n) is 3.24. The number of hydrogen-bond donors (Lipinski definition) is 1. The number of amides is 1. The molecule has 3 nitrogen and oxygen atoms in total. The number of halogens is 1. The normalized spacial score (nSPS) is 15.1. The highest BCUT2D eigenvalue weighted by Gasteiger charge is 2.25. The monoisotopic (exact) mass is 364 g/mol. The highest BCUT2D eigenvalue weighted by atomic mass is 35.5. The number of thiophene rings is 1. The van der Waals surface area contributed by atoms with E-state index in [-0.39, 0.29) is 18.3 Å². The third-order valence-corrected chi connectivity index (χ3v) is 5.55. The molecular weight excluding hydrogens is 340 g/mol. The van der Waals surface area contributed by atoms with E-state index in [2.05, 4.69) is 23.5 Å². The minimum Gasteiger partial charge on any atom is -0.338 e. The summed E-state index contributed by atoms with van der Waals surface area (Å²) in [5.41, 5.74) is 2.19. The summed E-state index contributed by atoms with van der Waals surface area (Å²) >= 11 is 1.56. The zero-order chi connectivity index (χ0) is 16.1. The van der Waals surface area contributed by atoms with Crippen LogP contribution in [0.4, 0.5) is 0 Å². The van der Waals surface area contributed by atoms with Gasteiger partial charge in [-0.1, -0.05) is 30.3 Å². The molecule has 0 atom stereocenters. The van der Waals surface area contributed by atoms with E-state index in [1.54, 1.807) is 11.3 Å². The Balaban J connectivity index is 0.00000208. The number of carbonyl (C=O) groups excluding carboxylic acids is 1. The molecule has 3 rings (SSSR count). The summed E-state index contributed by atoms with van der Waals surface area (Å²) in [7, 11) is 2.00. The summed E-state index contributed by atoms with van der Waals surface area (Å²) in [6, 6.07) is 12.3. The first-order valence-electron chi connectivity index (χ1n) is 8.36. The van der Waals surface area contributed by atoms with Gasteiger partial charge >= 0.3 is 0 Å². The standard InChI is InChI=1S/C19H24N2OS.ClH/c1-20-11-7-15-8-12-21(13-9-15)19(22)18-17(10-14-23-18)16-5-3-2-4-6-16;/h2-6,10,14-15,20H,7-9,11-13H2,1H3;1H. The SMILES string of the molecule is CNCCC1CCN(C(=O)c2sccc2-c2ccccc2)CC1.Cl. The Morgan fingerprint density at radius 2 is 1.92 bits per heavy atom. The van der Waals surface area contributed by atoms with E-state index in [1.807, 2.05) is 35.5 Å². The van der Waals surface area contributed by atoms with Crippen LogP contribution in [0.2, 0.25) is 0 Å². The van der Waals surface area contributed by atoms with Crippen LogP contribution >= 0.6 is 23.7 Å². The van der Waals surface area contributed by atoms with Crippen LogP contribution in [0.15, 0.2) is 41.8 Å². The molecule has 0 bridgehead atoms.